The van der Waals surface area contributed by atoms with Gasteiger partial charge in [-0.1, -0.05) is 30.3 Å². The summed E-state index contributed by atoms with van der Waals surface area (Å²) in [4.78, 5) is 76.4. The van der Waals surface area contributed by atoms with Crippen molar-refractivity contribution in [2.24, 2.45) is 0 Å². The Morgan fingerprint density at radius 2 is 1.55 bits per heavy atom. The minimum atomic E-state index is -1.28. The number of hydrogen-bond acceptors (Lipinski definition) is 11. The molecule has 14 nitrogen and oxygen atoms in total. The van der Waals surface area contributed by atoms with Crippen LogP contribution in [0.2, 0.25) is 0 Å². The van der Waals surface area contributed by atoms with E-state index in [1.807, 2.05) is 30.3 Å². The van der Waals surface area contributed by atoms with Gasteiger partial charge in [0.2, 0.25) is 0 Å². The van der Waals surface area contributed by atoms with Crippen LogP contribution in [-0.2, 0) is 49.5 Å². The van der Waals surface area contributed by atoms with Crippen LogP contribution < -0.4 is 10.6 Å². The van der Waals surface area contributed by atoms with Gasteiger partial charge in [0.25, 0.3) is 0 Å². The first kappa shape index (κ1) is 37.7. The number of nitrogens with zero attached hydrogens (tertiary/aromatic N) is 1. The lowest BCUT2D eigenvalue weighted by molar-refractivity contribution is -0.161. The minimum absolute atomic E-state index is 0.0291. The highest BCUT2D eigenvalue weighted by Crippen LogP contribution is 2.17. The summed E-state index contributed by atoms with van der Waals surface area (Å²) in [6, 6.07) is 5.70. The summed E-state index contributed by atoms with van der Waals surface area (Å²) in [7, 11) is 2.30. The maximum atomic E-state index is 13.5. The largest absolute Gasteiger partial charge is 0.469 e. The fourth-order valence-corrected chi connectivity index (χ4v) is 3.85. The molecule has 2 unspecified atom stereocenters. The third kappa shape index (κ3) is 15.2. The quantitative estimate of drug-likeness (QED) is 0.148. The molecule has 14 heteroatoms. The van der Waals surface area contributed by atoms with E-state index in [0.717, 1.165) is 17.6 Å². The smallest absolute Gasteiger partial charge is 0.407 e. The summed E-state index contributed by atoms with van der Waals surface area (Å²) in [5, 5.41) is 5.09. The summed E-state index contributed by atoms with van der Waals surface area (Å²) in [6.45, 7) is 6.29. The van der Waals surface area contributed by atoms with E-state index >= 15 is 0 Å². The first-order chi connectivity index (χ1) is 20.8. The second kappa shape index (κ2) is 19.8. The highest BCUT2D eigenvalue weighted by Gasteiger charge is 2.36. The summed E-state index contributed by atoms with van der Waals surface area (Å²) >= 11 is 0. The van der Waals surface area contributed by atoms with E-state index in [0.29, 0.717) is 12.8 Å². The summed E-state index contributed by atoms with van der Waals surface area (Å²) in [5.41, 5.74) is -0.0804. The number of unbranched alkanes of at least 4 members (excludes halogenated alkanes) is 1. The number of benzene rings is 1. The van der Waals surface area contributed by atoms with Crippen molar-refractivity contribution in [1.29, 1.82) is 0 Å². The second-order valence-corrected chi connectivity index (χ2v) is 10.6. The van der Waals surface area contributed by atoms with Gasteiger partial charge in [-0.15, -0.1) is 0 Å². The molecule has 0 saturated heterocycles. The van der Waals surface area contributed by atoms with Crippen LogP contribution >= 0.6 is 0 Å². The molecule has 246 valence electrons. The van der Waals surface area contributed by atoms with Gasteiger partial charge in [0.15, 0.2) is 0 Å². The monoisotopic (exact) mass is 623 g/mol. The van der Waals surface area contributed by atoms with Crippen molar-refractivity contribution in [3.8, 4) is 0 Å². The zero-order valence-electron chi connectivity index (χ0n) is 26.3. The molecule has 0 aliphatic heterocycles. The molecule has 0 fully saturated rings. The zero-order valence-corrected chi connectivity index (χ0v) is 26.3. The lowest BCUT2D eigenvalue weighted by Crippen LogP contribution is -2.56. The number of carbonyl (C=O) groups is 6. The topological polar surface area (TPSA) is 176 Å². The van der Waals surface area contributed by atoms with Crippen molar-refractivity contribution in [1.82, 2.24) is 15.5 Å². The fourth-order valence-electron chi connectivity index (χ4n) is 3.85. The number of amides is 3. The first-order valence-corrected chi connectivity index (χ1v) is 14.4. The molecule has 0 aromatic heterocycles. The maximum Gasteiger partial charge on any atom is 0.407 e. The Bertz CT molecular complexity index is 1090. The molecule has 0 heterocycles. The molecule has 1 aromatic rings. The van der Waals surface area contributed by atoms with Crippen LogP contribution in [0.3, 0.4) is 0 Å². The number of methoxy groups -OCH3 is 2. The molecule has 0 radical (unpaired) electrons. The van der Waals surface area contributed by atoms with Gasteiger partial charge in [-0.3, -0.25) is 14.5 Å². The molecule has 2 atom stereocenters. The predicted octanol–water partition coefficient (Wildman–Crippen LogP) is 2.86. The van der Waals surface area contributed by atoms with Crippen LogP contribution in [0.4, 0.5) is 9.59 Å². The lowest BCUT2D eigenvalue weighted by Gasteiger charge is -2.33. The van der Waals surface area contributed by atoms with E-state index < -0.39 is 60.2 Å². The number of alkyl carbamates (subject to hydrolysis) is 1. The molecule has 0 aliphatic carbocycles. The van der Waals surface area contributed by atoms with Gasteiger partial charge in [-0.25, -0.2) is 19.2 Å². The standard InChI is InChI=1S/C30H45N3O11/c1-7-42-25(35)19-33(28(38)32-22(26(36)41-6)16-17-24(34)40-5)23(27(37)44-30(2,3)4)15-11-12-18-31-29(39)43-20-21-13-9-8-10-14-21/h8-10,13-14,22-23H,7,11-12,15-20H2,1-6H3,(H,31,39)(H,32,38). The van der Waals surface area contributed by atoms with Crippen molar-refractivity contribution in [2.45, 2.75) is 84.1 Å². The number of rotatable bonds is 17. The Morgan fingerprint density at radius 3 is 2.14 bits per heavy atom. The van der Waals surface area contributed by atoms with E-state index in [9.17, 15) is 28.8 Å². The second-order valence-electron chi connectivity index (χ2n) is 10.6. The molecule has 0 aliphatic rings. The highest BCUT2D eigenvalue weighted by atomic mass is 16.6. The highest BCUT2D eigenvalue weighted by molar-refractivity contribution is 5.90. The number of carbonyl (C=O) groups excluding carboxylic acids is 6. The van der Waals surface area contributed by atoms with Gasteiger partial charge in [-0.05, 0) is 58.9 Å². The third-order valence-electron chi connectivity index (χ3n) is 5.96. The van der Waals surface area contributed by atoms with Crippen LogP contribution in [0, 0.1) is 0 Å². The third-order valence-corrected chi connectivity index (χ3v) is 5.96. The molecule has 1 aromatic carbocycles. The van der Waals surface area contributed by atoms with Gasteiger partial charge >= 0.3 is 36.0 Å². The molecule has 0 bridgehead atoms. The average Bonchev–Trinajstić information content (AvgIpc) is 2.98. The van der Waals surface area contributed by atoms with Crippen LogP contribution in [-0.4, -0.2) is 92.5 Å². The van der Waals surface area contributed by atoms with Crippen molar-refractivity contribution in [3.05, 3.63) is 35.9 Å². The van der Waals surface area contributed by atoms with Crippen LogP contribution in [0.5, 0.6) is 0 Å². The van der Waals surface area contributed by atoms with E-state index in [1.54, 1.807) is 27.7 Å². The van der Waals surface area contributed by atoms with E-state index in [-0.39, 0.29) is 39.0 Å². The van der Waals surface area contributed by atoms with Crippen molar-refractivity contribution in [3.63, 3.8) is 0 Å². The zero-order chi connectivity index (χ0) is 33.1. The molecular formula is C30H45N3O11. The summed E-state index contributed by atoms with van der Waals surface area (Å²) < 4.78 is 25.1. The minimum Gasteiger partial charge on any atom is -0.469 e. The van der Waals surface area contributed by atoms with Gasteiger partial charge in [0, 0.05) is 13.0 Å². The van der Waals surface area contributed by atoms with Crippen molar-refractivity contribution in [2.75, 3.05) is 33.9 Å². The van der Waals surface area contributed by atoms with Crippen molar-refractivity contribution >= 4 is 36.0 Å². The van der Waals surface area contributed by atoms with Crippen LogP contribution in [0.1, 0.15) is 65.4 Å². The molecule has 0 spiro atoms. The Balaban J connectivity index is 3.03. The fraction of sp³-hybridized carbons (Fsp3) is 0.600. The molecular weight excluding hydrogens is 578 g/mol. The van der Waals surface area contributed by atoms with Gasteiger partial charge in [-0.2, -0.15) is 0 Å². The van der Waals surface area contributed by atoms with Crippen molar-refractivity contribution < 1.29 is 52.5 Å². The van der Waals surface area contributed by atoms with E-state index in [2.05, 4.69) is 15.4 Å². The molecule has 3 amide bonds. The number of nitrogens with one attached hydrogen (secondary N) is 2. The summed E-state index contributed by atoms with van der Waals surface area (Å²) in [6.07, 6.45) is -0.183. The van der Waals surface area contributed by atoms with Gasteiger partial charge in [0.05, 0.1) is 20.8 Å². The molecule has 0 saturated carbocycles. The molecule has 44 heavy (non-hydrogen) atoms. The Morgan fingerprint density at radius 1 is 0.864 bits per heavy atom. The van der Waals surface area contributed by atoms with Crippen LogP contribution in [0.25, 0.3) is 0 Å². The molecule has 2 N–H and O–H groups in total. The average molecular weight is 624 g/mol. The first-order valence-electron chi connectivity index (χ1n) is 14.4. The van der Waals surface area contributed by atoms with Gasteiger partial charge in [0.1, 0.15) is 30.8 Å². The number of hydrogen-bond donors (Lipinski definition) is 2. The Labute approximate surface area is 258 Å². The molecule has 1 rings (SSSR count). The lowest BCUT2D eigenvalue weighted by atomic mass is 10.1. The number of esters is 4. The maximum absolute atomic E-state index is 13.5. The van der Waals surface area contributed by atoms with E-state index in [4.69, 9.17) is 18.9 Å². The normalized spacial score (nSPS) is 12.1. The predicted molar refractivity (Wildman–Crippen MR) is 157 cm³/mol. The number of ether oxygens (including phenoxy) is 5. The van der Waals surface area contributed by atoms with E-state index in [1.165, 1.54) is 7.11 Å². The van der Waals surface area contributed by atoms with Gasteiger partial charge < -0.3 is 34.3 Å². The van der Waals surface area contributed by atoms with Crippen LogP contribution in [0.15, 0.2) is 30.3 Å². The summed E-state index contributed by atoms with van der Waals surface area (Å²) in [5.74, 6) is -3.02. The SMILES string of the molecule is CCOC(=O)CN(C(=O)NC(CCC(=O)OC)C(=O)OC)C(CCCCNC(=O)OCc1ccccc1)C(=O)OC(C)(C)C. The Kier molecular flexibility index (Phi) is 16.9. The Hall–Kier alpha value is -4.36. The number of urea groups is 1.